The van der Waals surface area contributed by atoms with Gasteiger partial charge in [-0.25, -0.2) is 4.79 Å². The van der Waals surface area contributed by atoms with Gasteiger partial charge < -0.3 is 9.15 Å². The second kappa shape index (κ2) is 4.90. The highest BCUT2D eigenvalue weighted by atomic mass is 32.1. The lowest BCUT2D eigenvalue weighted by atomic mass is 10.0. The number of ether oxygens (including phenoxy) is 1. The van der Waals surface area contributed by atoms with Crippen LogP contribution >= 0.6 is 11.3 Å². The first-order valence-corrected chi connectivity index (χ1v) is 6.90. The van der Waals surface area contributed by atoms with Crippen molar-refractivity contribution in [1.29, 1.82) is 0 Å². The number of fused-ring (bicyclic) bond motifs is 1. The lowest BCUT2D eigenvalue weighted by Crippen LogP contribution is -2.01. The molecule has 0 aliphatic carbocycles. The summed E-state index contributed by atoms with van der Waals surface area (Å²) in [6.07, 6.45) is 1.67. The summed E-state index contributed by atoms with van der Waals surface area (Å²) in [5, 5.41) is 3.02. The van der Waals surface area contributed by atoms with E-state index in [9.17, 15) is 4.79 Å². The lowest BCUT2D eigenvalue weighted by molar-refractivity contribution is 0.0532. The fourth-order valence-electron chi connectivity index (χ4n) is 2.03. The Hall–Kier alpha value is -2.07. The molecule has 19 heavy (non-hydrogen) atoms. The zero-order valence-electron chi connectivity index (χ0n) is 10.4. The van der Waals surface area contributed by atoms with Gasteiger partial charge in [0.2, 0.25) is 0 Å². The standard InChI is InChI=1S/C15H12O3S/c1-2-17-15(16)14-8-10(9-19-14)11-4-3-5-13-12(11)6-7-18-13/h3-9H,2H2,1H3. The van der Waals surface area contributed by atoms with Gasteiger partial charge in [-0.15, -0.1) is 11.3 Å². The molecule has 0 atom stereocenters. The quantitative estimate of drug-likeness (QED) is 0.666. The second-order valence-corrected chi connectivity index (χ2v) is 4.97. The molecule has 0 saturated heterocycles. The molecule has 3 rings (SSSR count). The van der Waals surface area contributed by atoms with E-state index in [1.165, 1.54) is 11.3 Å². The summed E-state index contributed by atoms with van der Waals surface area (Å²) < 4.78 is 10.4. The van der Waals surface area contributed by atoms with Crippen molar-refractivity contribution < 1.29 is 13.9 Å². The van der Waals surface area contributed by atoms with Gasteiger partial charge in [0.15, 0.2) is 0 Å². The van der Waals surface area contributed by atoms with Gasteiger partial charge >= 0.3 is 5.97 Å². The van der Waals surface area contributed by atoms with Crippen LogP contribution in [0.2, 0.25) is 0 Å². The lowest BCUT2D eigenvalue weighted by Gasteiger charge is -1.99. The van der Waals surface area contributed by atoms with Crippen LogP contribution < -0.4 is 0 Å². The van der Waals surface area contributed by atoms with E-state index >= 15 is 0 Å². The molecule has 0 N–H and O–H groups in total. The molecule has 3 nitrogen and oxygen atoms in total. The third-order valence-electron chi connectivity index (χ3n) is 2.88. The minimum Gasteiger partial charge on any atom is -0.464 e. The fourth-order valence-corrected chi connectivity index (χ4v) is 2.83. The predicted octanol–water partition coefficient (Wildman–Crippen LogP) is 4.34. The summed E-state index contributed by atoms with van der Waals surface area (Å²) in [6.45, 7) is 2.20. The van der Waals surface area contributed by atoms with Crippen LogP contribution in [-0.4, -0.2) is 12.6 Å². The minimum atomic E-state index is -0.266. The van der Waals surface area contributed by atoms with Crippen molar-refractivity contribution in [2.45, 2.75) is 6.92 Å². The molecular formula is C15H12O3S. The topological polar surface area (TPSA) is 39.4 Å². The number of furan rings is 1. The Bertz CT molecular complexity index is 724. The van der Waals surface area contributed by atoms with Crippen molar-refractivity contribution in [1.82, 2.24) is 0 Å². The van der Waals surface area contributed by atoms with E-state index in [2.05, 4.69) is 0 Å². The number of esters is 1. The normalized spacial score (nSPS) is 10.8. The van der Waals surface area contributed by atoms with Gasteiger partial charge in [0.05, 0.1) is 12.9 Å². The van der Waals surface area contributed by atoms with Gasteiger partial charge in [0, 0.05) is 5.39 Å². The van der Waals surface area contributed by atoms with Crippen molar-refractivity contribution in [3.63, 3.8) is 0 Å². The highest BCUT2D eigenvalue weighted by Gasteiger charge is 2.12. The van der Waals surface area contributed by atoms with Crippen LogP contribution in [0.1, 0.15) is 16.6 Å². The van der Waals surface area contributed by atoms with Crippen molar-refractivity contribution >= 4 is 28.3 Å². The number of rotatable bonds is 3. The van der Waals surface area contributed by atoms with Gasteiger partial charge in [0.1, 0.15) is 10.5 Å². The molecule has 3 aromatic rings. The van der Waals surface area contributed by atoms with Crippen LogP contribution in [0.4, 0.5) is 0 Å². The average Bonchev–Trinajstić information content (AvgIpc) is 3.07. The first-order chi connectivity index (χ1) is 9.29. The van der Waals surface area contributed by atoms with Crippen LogP contribution in [0.25, 0.3) is 22.1 Å². The highest BCUT2D eigenvalue weighted by Crippen LogP contribution is 2.32. The maximum Gasteiger partial charge on any atom is 0.348 e. The van der Waals surface area contributed by atoms with E-state index in [1.54, 1.807) is 13.2 Å². The summed E-state index contributed by atoms with van der Waals surface area (Å²) in [7, 11) is 0. The first-order valence-electron chi connectivity index (χ1n) is 6.02. The van der Waals surface area contributed by atoms with Crippen molar-refractivity contribution in [2.24, 2.45) is 0 Å². The molecule has 2 aromatic heterocycles. The highest BCUT2D eigenvalue weighted by molar-refractivity contribution is 7.12. The van der Waals surface area contributed by atoms with E-state index in [4.69, 9.17) is 9.15 Å². The molecule has 0 unspecified atom stereocenters. The van der Waals surface area contributed by atoms with Crippen LogP contribution in [0.15, 0.2) is 46.4 Å². The summed E-state index contributed by atoms with van der Waals surface area (Å²) in [4.78, 5) is 12.3. The zero-order valence-corrected chi connectivity index (χ0v) is 11.2. The van der Waals surface area contributed by atoms with E-state index in [0.29, 0.717) is 11.5 Å². The maximum atomic E-state index is 11.7. The average molecular weight is 272 g/mol. The molecule has 0 bridgehead atoms. The molecule has 0 fully saturated rings. The number of benzene rings is 1. The number of carbonyl (C=O) groups is 1. The predicted molar refractivity (Wildman–Crippen MR) is 75.5 cm³/mol. The Balaban J connectivity index is 2.03. The van der Waals surface area contributed by atoms with E-state index in [1.807, 2.05) is 35.7 Å². The zero-order chi connectivity index (χ0) is 13.2. The third kappa shape index (κ3) is 2.15. The summed E-state index contributed by atoms with van der Waals surface area (Å²) in [5.74, 6) is -0.266. The summed E-state index contributed by atoms with van der Waals surface area (Å²) >= 11 is 1.40. The molecule has 0 radical (unpaired) electrons. The molecule has 0 aliphatic heterocycles. The van der Waals surface area contributed by atoms with Crippen LogP contribution in [0, 0.1) is 0 Å². The fraction of sp³-hybridized carbons (Fsp3) is 0.133. The van der Waals surface area contributed by atoms with Crippen LogP contribution in [0.5, 0.6) is 0 Å². The summed E-state index contributed by atoms with van der Waals surface area (Å²) in [5.41, 5.74) is 2.93. The monoisotopic (exact) mass is 272 g/mol. The number of hydrogen-bond donors (Lipinski definition) is 0. The largest absolute Gasteiger partial charge is 0.464 e. The molecule has 0 amide bonds. The van der Waals surface area contributed by atoms with Gasteiger partial charge in [0.25, 0.3) is 0 Å². The Morgan fingerprint density at radius 3 is 3.11 bits per heavy atom. The van der Waals surface area contributed by atoms with Crippen LogP contribution in [0.3, 0.4) is 0 Å². The molecule has 4 heteroatoms. The van der Waals surface area contributed by atoms with Crippen molar-refractivity contribution in [2.75, 3.05) is 6.61 Å². The molecule has 96 valence electrons. The van der Waals surface area contributed by atoms with E-state index in [-0.39, 0.29) is 5.97 Å². The van der Waals surface area contributed by atoms with Crippen LogP contribution in [-0.2, 0) is 4.74 Å². The Morgan fingerprint density at radius 2 is 2.26 bits per heavy atom. The molecule has 0 spiro atoms. The number of hydrogen-bond acceptors (Lipinski definition) is 4. The third-order valence-corrected chi connectivity index (χ3v) is 3.79. The summed E-state index contributed by atoms with van der Waals surface area (Å²) in [6, 6.07) is 9.70. The Morgan fingerprint density at radius 1 is 1.37 bits per heavy atom. The number of thiophene rings is 1. The van der Waals surface area contributed by atoms with Gasteiger partial charge in [-0.3, -0.25) is 0 Å². The maximum absolute atomic E-state index is 11.7. The van der Waals surface area contributed by atoms with Gasteiger partial charge in [-0.1, -0.05) is 12.1 Å². The first kappa shape index (κ1) is 12.0. The second-order valence-electron chi connectivity index (χ2n) is 4.06. The smallest absolute Gasteiger partial charge is 0.348 e. The van der Waals surface area contributed by atoms with Gasteiger partial charge in [-0.05, 0) is 41.6 Å². The molecule has 0 saturated carbocycles. The molecule has 1 aromatic carbocycles. The van der Waals surface area contributed by atoms with Gasteiger partial charge in [-0.2, -0.15) is 0 Å². The van der Waals surface area contributed by atoms with E-state index in [0.717, 1.165) is 22.1 Å². The minimum absolute atomic E-state index is 0.266. The Labute approximate surface area is 114 Å². The molecular weight excluding hydrogens is 260 g/mol. The molecule has 0 aliphatic rings. The van der Waals surface area contributed by atoms with Crippen molar-refractivity contribution in [3.8, 4) is 11.1 Å². The number of carbonyl (C=O) groups excluding carboxylic acids is 1. The SMILES string of the molecule is CCOC(=O)c1cc(-c2cccc3occc23)cs1. The van der Waals surface area contributed by atoms with Crippen molar-refractivity contribution in [3.05, 3.63) is 46.9 Å². The van der Waals surface area contributed by atoms with E-state index < -0.39 is 0 Å². The Kier molecular flexibility index (Phi) is 3.09. The molecule has 2 heterocycles.